The number of aromatic nitrogens is 2. The van der Waals surface area contributed by atoms with Gasteiger partial charge in [0.05, 0.1) is 11.6 Å². The highest BCUT2D eigenvalue weighted by atomic mass is 35.5. The summed E-state index contributed by atoms with van der Waals surface area (Å²) >= 11 is 0. The van der Waals surface area contributed by atoms with Gasteiger partial charge in [-0.05, 0) is 56.5 Å². The number of benzene rings is 1. The monoisotopic (exact) mass is 396 g/mol. The lowest BCUT2D eigenvalue weighted by Crippen LogP contribution is -2.40. The topological polar surface area (TPSA) is 75.0 Å². The zero-order valence-corrected chi connectivity index (χ0v) is 17.1. The Bertz CT molecular complexity index is 702. The summed E-state index contributed by atoms with van der Waals surface area (Å²) in [6.07, 6.45) is 3.93. The average molecular weight is 397 g/mol. The first-order valence-corrected chi connectivity index (χ1v) is 9.19. The smallest absolute Gasteiger partial charge is 0.226 e. The first-order chi connectivity index (χ1) is 12.4. The number of amides is 1. The van der Waals surface area contributed by atoms with Crippen LogP contribution in [0.3, 0.4) is 0 Å². The molecule has 0 saturated heterocycles. The van der Waals surface area contributed by atoms with E-state index in [2.05, 4.69) is 10.2 Å². The fourth-order valence-electron chi connectivity index (χ4n) is 2.78. The minimum absolute atomic E-state index is 0. The van der Waals surface area contributed by atoms with Crippen LogP contribution in [0.4, 0.5) is 4.39 Å². The Morgan fingerprint density at radius 3 is 2.52 bits per heavy atom. The molecule has 0 saturated carbocycles. The van der Waals surface area contributed by atoms with Gasteiger partial charge in [-0.2, -0.15) is 5.10 Å². The molecule has 1 amide bonds. The Morgan fingerprint density at radius 1 is 1.22 bits per heavy atom. The highest BCUT2D eigenvalue weighted by Crippen LogP contribution is 2.19. The lowest BCUT2D eigenvalue weighted by Gasteiger charge is -2.23. The van der Waals surface area contributed by atoms with Gasteiger partial charge in [0, 0.05) is 30.9 Å². The zero-order valence-electron chi connectivity index (χ0n) is 16.2. The third-order valence-electron chi connectivity index (χ3n) is 4.76. The van der Waals surface area contributed by atoms with E-state index in [0.717, 1.165) is 49.2 Å². The normalized spacial score (nSPS) is 12.9. The fourth-order valence-corrected chi connectivity index (χ4v) is 2.78. The summed E-state index contributed by atoms with van der Waals surface area (Å²) in [6.45, 7) is 4.49. The Balaban J connectivity index is 0.00000364. The van der Waals surface area contributed by atoms with E-state index in [1.54, 1.807) is 17.0 Å². The minimum Gasteiger partial charge on any atom is -0.345 e. The lowest BCUT2D eigenvalue weighted by atomic mass is 10.0. The number of aromatic amines is 1. The van der Waals surface area contributed by atoms with Crippen LogP contribution in [0.2, 0.25) is 0 Å². The maximum absolute atomic E-state index is 13.0. The molecule has 0 fully saturated rings. The van der Waals surface area contributed by atoms with Crippen molar-refractivity contribution >= 4 is 18.3 Å². The number of aryl methyl sites for hydroxylation is 1. The van der Waals surface area contributed by atoms with Crippen LogP contribution < -0.4 is 5.73 Å². The largest absolute Gasteiger partial charge is 0.345 e. The van der Waals surface area contributed by atoms with Gasteiger partial charge in [0.25, 0.3) is 0 Å². The molecule has 0 bridgehead atoms. The average Bonchev–Trinajstić information content (AvgIpc) is 3.09. The van der Waals surface area contributed by atoms with Crippen molar-refractivity contribution in [2.75, 3.05) is 13.6 Å². The first kappa shape index (κ1) is 23.1. The van der Waals surface area contributed by atoms with E-state index in [1.165, 1.54) is 12.1 Å². The van der Waals surface area contributed by atoms with Gasteiger partial charge in [0.1, 0.15) is 5.82 Å². The number of hydrogen-bond acceptors (Lipinski definition) is 3. The van der Waals surface area contributed by atoms with Crippen molar-refractivity contribution in [3.8, 4) is 11.3 Å². The summed E-state index contributed by atoms with van der Waals surface area (Å²) in [4.78, 5) is 13.9. The molecule has 7 heteroatoms. The molecule has 1 heterocycles. The van der Waals surface area contributed by atoms with Gasteiger partial charge in [-0.15, -0.1) is 12.4 Å². The van der Waals surface area contributed by atoms with E-state index in [0.29, 0.717) is 0 Å². The molecule has 1 aromatic heterocycles. The summed E-state index contributed by atoms with van der Waals surface area (Å²) in [5, 5.41) is 7.33. The van der Waals surface area contributed by atoms with Crippen LogP contribution in [0.25, 0.3) is 11.3 Å². The maximum Gasteiger partial charge on any atom is 0.226 e. The van der Waals surface area contributed by atoms with Gasteiger partial charge in [-0.3, -0.25) is 9.89 Å². The quantitative estimate of drug-likeness (QED) is 0.633. The van der Waals surface area contributed by atoms with Crippen molar-refractivity contribution in [2.45, 2.75) is 45.6 Å². The summed E-state index contributed by atoms with van der Waals surface area (Å²) in [5.41, 5.74) is 8.59. The predicted octanol–water partition coefficient (Wildman–Crippen LogP) is 3.79. The second-order valence-corrected chi connectivity index (χ2v) is 7.00. The van der Waals surface area contributed by atoms with Gasteiger partial charge in [-0.25, -0.2) is 4.39 Å². The van der Waals surface area contributed by atoms with Gasteiger partial charge in [-0.1, -0.05) is 13.3 Å². The second kappa shape index (κ2) is 11.0. The molecule has 0 aliphatic carbocycles. The van der Waals surface area contributed by atoms with Crippen molar-refractivity contribution in [3.05, 3.63) is 41.8 Å². The minimum atomic E-state index is -0.247. The molecule has 2 aromatic rings. The van der Waals surface area contributed by atoms with Gasteiger partial charge < -0.3 is 10.6 Å². The highest BCUT2D eigenvalue weighted by Gasteiger charge is 2.20. The van der Waals surface area contributed by atoms with E-state index in [1.807, 2.05) is 27.0 Å². The molecule has 0 spiro atoms. The van der Waals surface area contributed by atoms with Gasteiger partial charge in [0.15, 0.2) is 0 Å². The Hall–Kier alpha value is -1.92. The highest BCUT2D eigenvalue weighted by molar-refractivity contribution is 5.85. The Kier molecular flexibility index (Phi) is 9.46. The number of halogens is 2. The van der Waals surface area contributed by atoms with Crippen LogP contribution in [-0.2, 0) is 11.2 Å². The zero-order chi connectivity index (χ0) is 19.1. The number of nitrogens with two attached hydrogens (primary N) is 1. The molecule has 5 nitrogen and oxygen atoms in total. The van der Waals surface area contributed by atoms with Crippen LogP contribution in [0, 0.1) is 11.7 Å². The van der Waals surface area contributed by atoms with Crippen molar-refractivity contribution in [1.29, 1.82) is 0 Å². The molecule has 3 N–H and O–H groups in total. The predicted molar refractivity (Wildman–Crippen MR) is 109 cm³/mol. The van der Waals surface area contributed by atoms with E-state index in [4.69, 9.17) is 5.73 Å². The molecule has 150 valence electrons. The molecular formula is C20H30ClFN4O. The van der Waals surface area contributed by atoms with Crippen molar-refractivity contribution < 1.29 is 9.18 Å². The number of nitrogens with zero attached hydrogens (tertiary/aromatic N) is 2. The number of rotatable bonds is 9. The molecular weight excluding hydrogens is 367 g/mol. The fraction of sp³-hybridized carbons (Fsp3) is 0.500. The number of nitrogens with one attached hydrogen (secondary N) is 1. The first-order valence-electron chi connectivity index (χ1n) is 9.19. The van der Waals surface area contributed by atoms with Crippen LogP contribution in [0.5, 0.6) is 0 Å². The van der Waals surface area contributed by atoms with E-state index in [-0.39, 0.29) is 36.1 Å². The van der Waals surface area contributed by atoms with Gasteiger partial charge in [0.2, 0.25) is 5.91 Å². The van der Waals surface area contributed by atoms with Crippen LogP contribution in [-0.4, -0.2) is 40.6 Å². The molecule has 1 aromatic carbocycles. The molecule has 27 heavy (non-hydrogen) atoms. The van der Waals surface area contributed by atoms with E-state index < -0.39 is 0 Å². The van der Waals surface area contributed by atoms with E-state index in [9.17, 15) is 9.18 Å². The molecule has 0 radical (unpaired) electrons. The maximum atomic E-state index is 13.0. The third kappa shape index (κ3) is 6.96. The lowest BCUT2D eigenvalue weighted by molar-refractivity contribution is -0.134. The van der Waals surface area contributed by atoms with Crippen molar-refractivity contribution in [2.24, 2.45) is 11.7 Å². The summed E-state index contributed by atoms with van der Waals surface area (Å²) in [7, 11) is 1.84. The summed E-state index contributed by atoms with van der Waals surface area (Å²) in [5.74, 6) is -0.282. The standard InChI is InChI=1S/C20H29FN4O.ClH/c1-14(15(2)22)20(26)25(3)12-6-4-5-7-18-13-19(24-23-18)16-8-10-17(21)11-9-16;/h8-11,13-15H,4-7,12,22H2,1-3H3,(H,23,24);1H. The molecule has 0 aliphatic heterocycles. The molecule has 0 aliphatic rings. The van der Waals surface area contributed by atoms with Crippen LogP contribution in [0.1, 0.15) is 38.8 Å². The van der Waals surface area contributed by atoms with Gasteiger partial charge >= 0.3 is 0 Å². The Labute approximate surface area is 166 Å². The number of carbonyl (C=O) groups excluding carboxylic acids is 1. The second-order valence-electron chi connectivity index (χ2n) is 7.00. The number of unbranched alkanes of at least 4 members (excludes halogenated alkanes) is 2. The van der Waals surface area contributed by atoms with Crippen LogP contribution in [0.15, 0.2) is 30.3 Å². The molecule has 2 unspecified atom stereocenters. The molecule has 2 atom stereocenters. The van der Waals surface area contributed by atoms with Crippen molar-refractivity contribution in [3.63, 3.8) is 0 Å². The third-order valence-corrected chi connectivity index (χ3v) is 4.76. The van der Waals surface area contributed by atoms with Crippen LogP contribution >= 0.6 is 12.4 Å². The Morgan fingerprint density at radius 2 is 1.89 bits per heavy atom. The summed E-state index contributed by atoms with van der Waals surface area (Å²) < 4.78 is 13.0. The van der Waals surface area contributed by atoms with Crippen molar-refractivity contribution in [1.82, 2.24) is 15.1 Å². The number of hydrogen-bond donors (Lipinski definition) is 2. The molecule has 2 rings (SSSR count). The summed E-state index contributed by atoms with van der Waals surface area (Å²) in [6, 6.07) is 8.21. The van der Waals surface area contributed by atoms with E-state index >= 15 is 0 Å². The number of carbonyl (C=O) groups is 1. The SMILES string of the molecule is CC(N)C(C)C(=O)N(C)CCCCCc1cc(-c2ccc(F)cc2)n[nH]1.Cl. The number of H-pyrrole nitrogens is 1.